The summed E-state index contributed by atoms with van der Waals surface area (Å²) < 4.78 is 0. The summed E-state index contributed by atoms with van der Waals surface area (Å²) in [6.07, 6.45) is 0. The summed E-state index contributed by atoms with van der Waals surface area (Å²) in [5.41, 5.74) is 0. The highest BCUT2D eigenvalue weighted by atomic mass is 29.8. The Morgan fingerprint density at radius 3 is 1.16 bits per heavy atom. The third-order valence-corrected chi connectivity index (χ3v) is 68.5. The van der Waals surface area contributed by atoms with Crippen LogP contribution in [0.1, 0.15) is 41.5 Å². The highest BCUT2D eigenvalue weighted by molar-refractivity contribution is 7.81. The quantitative estimate of drug-likeness (QED) is 0.450. The fourth-order valence-corrected chi connectivity index (χ4v) is 87.5. The molecular formula is C15H39Si4. The highest BCUT2D eigenvalue weighted by Crippen LogP contribution is 2.42. The van der Waals surface area contributed by atoms with Crippen molar-refractivity contribution in [3.8, 4) is 0 Å². The summed E-state index contributed by atoms with van der Waals surface area (Å²) in [7, 11) is -3.03. The number of rotatable bonds is 9. The van der Waals surface area contributed by atoms with Crippen molar-refractivity contribution in [1.29, 1.82) is 0 Å². The van der Waals surface area contributed by atoms with E-state index in [1.165, 1.54) is 0 Å². The van der Waals surface area contributed by atoms with Gasteiger partial charge in [0, 0.05) is 30.1 Å². The first-order valence-corrected chi connectivity index (χ1v) is 21.9. The van der Waals surface area contributed by atoms with Crippen LogP contribution in [-0.2, 0) is 0 Å². The van der Waals surface area contributed by atoms with Crippen molar-refractivity contribution in [2.24, 2.45) is 0 Å². The number of hydrogen-bond donors (Lipinski definition) is 0. The Bertz CT molecular complexity index is 245. The minimum Gasteiger partial charge on any atom is -0.0717 e. The average Bonchev–Trinajstić information content (AvgIpc) is 2.37. The van der Waals surface area contributed by atoms with E-state index in [0.29, 0.717) is 0 Å². The molecule has 0 bridgehead atoms. The van der Waals surface area contributed by atoms with E-state index in [4.69, 9.17) is 0 Å². The van der Waals surface area contributed by atoms with E-state index in [0.717, 1.165) is 0 Å². The van der Waals surface area contributed by atoms with E-state index in [9.17, 15) is 0 Å². The lowest BCUT2D eigenvalue weighted by atomic mass is 10.9. The van der Waals surface area contributed by atoms with Gasteiger partial charge in [-0.15, -0.1) is 0 Å². The topological polar surface area (TPSA) is 0 Å². The Kier molecular flexibility index (Phi) is 8.11. The van der Waals surface area contributed by atoms with Crippen molar-refractivity contribution >= 4 is 30.1 Å². The van der Waals surface area contributed by atoms with Crippen LogP contribution in [0.15, 0.2) is 0 Å². The molecule has 0 unspecified atom stereocenters. The molecule has 0 fully saturated rings. The Hall–Kier alpha value is 0.868. The maximum atomic E-state index is 2.73. The Balaban J connectivity index is 6.05. The van der Waals surface area contributed by atoms with Crippen LogP contribution in [0.25, 0.3) is 0 Å². The third kappa shape index (κ3) is 3.21. The lowest BCUT2D eigenvalue weighted by molar-refractivity contribution is 1.24. The monoisotopic (exact) mass is 331 g/mol. The summed E-state index contributed by atoms with van der Waals surface area (Å²) in [5, 5.41) is 0. The standard InChI is InChI=1S/C15H39Si4/c1-10-16(11-2)18(12-3,13-4)19(14-5,15-6)17(7,8)9/h10-15H2,1-9H3. The van der Waals surface area contributed by atoms with Crippen LogP contribution in [0.3, 0.4) is 0 Å². The van der Waals surface area contributed by atoms with Crippen molar-refractivity contribution in [1.82, 2.24) is 0 Å². The zero-order chi connectivity index (χ0) is 15.3. The molecule has 1 radical (unpaired) electrons. The fourth-order valence-electron chi connectivity index (χ4n) is 5.40. The second-order valence-corrected chi connectivity index (χ2v) is 42.5. The van der Waals surface area contributed by atoms with Gasteiger partial charge in [0.25, 0.3) is 0 Å². The lowest BCUT2D eigenvalue weighted by Crippen LogP contribution is -2.79. The van der Waals surface area contributed by atoms with E-state index in [2.05, 4.69) is 61.2 Å². The van der Waals surface area contributed by atoms with E-state index in [1.807, 2.05) is 0 Å². The summed E-state index contributed by atoms with van der Waals surface area (Å²) in [4.78, 5) is 0. The molecule has 0 rings (SSSR count). The molecular weight excluding hydrogens is 293 g/mol. The van der Waals surface area contributed by atoms with E-state index in [1.54, 1.807) is 36.3 Å². The van der Waals surface area contributed by atoms with Crippen LogP contribution in [0.5, 0.6) is 0 Å². The molecule has 0 aromatic carbocycles. The zero-order valence-corrected chi connectivity index (χ0v) is 19.2. The van der Waals surface area contributed by atoms with Gasteiger partial charge in [0.1, 0.15) is 0 Å². The molecule has 19 heavy (non-hydrogen) atoms. The lowest BCUT2D eigenvalue weighted by Gasteiger charge is -2.57. The van der Waals surface area contributed by atoms with Crippen molar-refractivity contribution < 1.29 is 0 Å². The van der Waals surface area contributed by atoms with Crippen LogP contribution in [0.2, 0.25) is 55.9 Å². The first kappa shape index (κ1) is 19.9. The van der Waals surface area contributed by atoms with Crippen LogP contribution in [0, 0.1) is 0 Å². The van der Waals surface area contributed by atoms with Gasteiger partial charge >= 0.3 is 0 Å². The summed E-state index contributed by atoms with van der Waals surface area (Å²) >= 11 is 0. The largest absolute Gasteiger partial charge is 0.0717 e. The van der Waals surface area contributed by atoms with Gasteiger partial charge < -0.3 is 0 Å². The molecule has 4 heteroatoms. The van der Waals surface area contributed by atoms with Crippen LogP contribution < -0.4 is 0 Å². The van der Waals surface area contributed by atoms with E-state index >= 15 is 0 Å². The van der Waals surface area contributed by atoms with Gasteiger partial charge in [0.15, 0.2) is 0 Å². The molecule has 0 spiro atoms. The Labute approximate surface area is 127 Å². The molecule has 0 aromatic rings. The molecule has 0 aromatic heterocycles. The van der Waals surface area contributed by atoms with Crippen LogP contribution >= 0.6 is 0 Å². The molecule has 0 nitrogen and oxygen atoms in total. The predicted octanol–water partition coefficient (Wildman–Crippen LogP) is 6.07. The molecule has 0 atom stereocenters. The average molecular weight is 332 g/mol. The van der Waals surface area contributed by atoms with Gasteiger partial charge in [-0.3, -0.25) is 0 Å². The predicted molar refractivity (Wildman–Crippen MR) is 103 cm³/mol. The van der Waals surface area contributed by atoms with Gasteiger partial charge in [0.05, 0.1) is 0 Å². The third-order valence-electron chi connectivity index (χ3n) is 6.30. The number of hydrogen-bond acceptors (Lipinski definition) is 0. The van der Waals surface area contributed by atoms with Crippen molar-refractivity contribution in [3.63, 3.8) is 0 Å². The second kappa shape index (κ2) is 7.76. The summed E-state index contributed by atoms with van der Waals surface area (Å²) in [5.74, 6) is 0. The van der Waals surface area contributed by atoms with Crippen LogP contribution in [0.4, 0.5) is 0 Å². The summed E-state index contributed by atoms with van der Waals surface area (Å²) in [6.45, 7) is 23.5. The minimum absolute atomic E-state index is 0.0501. The maximum absolute atomic E-state index is 2.73. The van der Waals surface area contributed by atoms with Gasteiger partial charge in [-0.25, -0.2) is 0 Å². The molecule has 115 valence electrons. The van der Waals surface area contributed by atoms with Gasteiger partial charge in [-0.05, 0) is 0 Å². The molecule has 0 amide bonds. The first-order chi connectivity index (χ1) is 8.76. The SMILES string of the molecule is CC[Si](CC)[Si](CC)(CC)[Si](CC)(CC)[Si](C)(C)C. The van der Waals surface area contributed by atoms with E-state index < -0.39 is 21.8 Å². The highest BCUT2D eigenvalue weighted by Gasteiger charge is 2.59. The van der Waals surface area contributed by atoms with Crippen molar-refractivity contribution in [2.75, 3.05) is 0 Å². The van der Waals surface area contributed by atoms with Crippen molar-refractivity contribution in [3.05, 3.63) is 0 Å². The van der Waals surface area contributed by atoms with E-state index in [-0.39, 0.29) is 8.31 Å². The van der Waals surface area contributed by atoms with Crippen LogP contribution in [-0.4, -0.2) is 30.1 Å². The smallest absolute Gasteiger partial charge is 0.0392 e. The normalized spacial score (nSPS) is 14.2. The minimum atomic E-state index is -1.01. The molecule has 0 saturated heterocycles. The molecule has 0 saturated carbocycles. The fraction of sp³-hybridized carbons (Fsp3) is 1.00. The first-order valence-electron chi connectivity index (χ1n) is 8.61. The molecule has 0 N–H and O–H groups in total. The molecule has 0 aliphatic carbocycles. The Morgan fingerprint density at radius 1 is 0.632 bits per heavy atom. The molecule has 0 aliphatic heterocycles. The second-order valence-electron chi connectivity index (χ2n) is 7.14. The zero-order valence-electron chi connectivity index (χ0n) is 15.2. The van der Waals surface area contributed by atoms with Gasteiger partial charge in [-0.1, -0.05) is 97.4 Å². The van der Waals surface area contributed by atoms with Gasteiger partial charge in [-0.2, -0.15) is 0 Å². The van der Waals surface area contributed by atoms with Gasteiger partial charge in [0.2, 0.25) is 0 Å². The van der Waals surface area contributed by atoms with Crippen molar-refractivity contribution in [2.45, 2.75) is 97.4 Å². The Morgan fingerprint density at radius 2 is 1.00 bits per heavy atom. The molecule has 0 heterocycles. The summed E-state index contributed by atoms with van der Waals surface area (Å²) in [6, 6.07) is 9.51. The molecule has 0 aliphatic rings. The maximum Gasteiger partial charge on any atom is 0.0392 e.